The zero-order chi connectivity index (χ0) is 13.1. The molecule has 8 heteroatoms. The van der Waals surface area contributed by atoms with Crippen LogP contribution >= 0.6 is 28.1 Å². The van der Waals surface area contributed by atoms with Crippen LogP contribution in [0.15, 0.2) is 22.8 Å². The maximum atomic E-state index is 12.0. The number of thiocarbonyl (C=S) groups is 1. The van der Waals surface area contributed by atoms with Crippen molar-refractivity contribution >= 4 is 49.0 Å². The molecule has 3 N–H and O–H groups in total. The first-order valence-corrected chi connectivity index (χ1v) is 7.54. The van der Waals surface area contributed by atoms with Gasteiger partial charge in [0, 0.05) is 6.20 Å². The Balaban J connectivity index is 3.02. The largest absolute Gasteiger partial charge is 0.392 e. The van der Waals surface area contributed by atoms with Gasteiger partial charge in [-0.25, -0.2) is 13.4 Å². The van der Waals surface area contributed by atoms with E-state index in [1.165, 1.54) is 6.20 Å². The van der Waals surface area contributed by atoms with Gasteiger partial charge in [0.1, 0.15) is 5.25 Å². The van der Waals surface area contributed by atoms with E-state index < -0.39 is 15.3 Å². The van der Waals surface area contributed by atoms with Crippen LogP contribution in [0.25, 0.3) is 0 Å². The summed E-state index contributed by atoms with van der Waals surface area (Å²) in [4.78, 5) is 3.87. The molecule has 1 unspecified atom stereocenters. The highest BCUT2D eigenvalue weighted by Gasteiger charge is 2.27. The second-order valence-corrected chi connectivity index (χ2v) is 6.47. The van der Waals surface area contributed by atoms with E-state index in [0.717, 1.165) is 0 Å². The molecule has 1 aromatic rings. The Labute approximate surface area is 114 Å². The fourth-order valence-corrected chi connectivity index (χ4v) is 3.59. The number of pyridine rings is 1. The third-order valence-electron chi connectivity index (χ3n) is 2.06. The summed E-state index contributed by atoms with van der Waals surface area (Å²) in [5.74, 6) is 0.224. The van der Waals surface area contributed by atoms with Crippen LogP contribution in [-0.4, -0.2) is 23.6 Å². The van der Waals surface area contributed by atoms with Gasteiger partial charge in [-0.3, -0.25) is 4.72 Å². The lowest BCUT2D eigenvalue weighted by molar-refractivity contribution is 0.594. The molecule has 0 aromatic carbocycles. The molecule has 0 amide bonds. The minimum Gasteiger partial charge on any atom is -0.392 e. The Morgan fingerprint density at radius 3 is 2.82 bits per heavy atom. The zero-order valence-corrected chi connectivity index (χ0v) is 12.3. The van der Waals surface area contributed by atoms with Crippen molar-refractivity contribution in [2.45, 2.75) is 18.6 Å². The molecule has 0 spiro atoms. The summed E-state index contributed by atoms with van der Waals surface area (Å²) in [6.45, 7) is 1.70. The summed E-state index contributed by atoms with van der Waals surface area (Å²) in [6, 6.07) is 3.37. The Kier molecular flexibility index (Phi) is 4.84. The molecule has 0 saturated heterocycles. The minimum absolute atomic E-state index is 0.0490. The maximum Gasteiger partial charge on any atom is 0.243 e. The lowest BCUT2D eigenvalue weighted by atomic mass is 10.3. The molecule has 1 rings (SSSR count). The number of sulfonamides is 1. The van der Waals surface area contributed by atoms with E-state index >= 15 is 0 Å². The van der Waals surface area contributed by atoms with Crippen molar-refractivity contribution in [2.24, 2.45) is 5.73 Å². The first-order valence-electron chi connectivity index (χ1n) is 4.80. The third-order valence-corrected chi connectivity index (χ3v) is 4.95. The van der Waals surface area contributed by atoms with E-state index in [-0.39, 0.29) is 10.8 Å². The van der Waals surface area contributed by atoms with E-state index in [1.54, 1.807) is 19.1 Å². The molecule has 0 aliphatic rings. The summed E-state index contributed by atoms with van der Waals surface area (Å²) in [7, 11) is -3.66. The Hall–Kier alpha value is -0.730. The highest BCUT2D eigenvalue weighted by Crippen LogP contribution is 2.21. The van der Waals surface area contributed by atoms with E-state index in [4.69, 9.17) is 18.0 Å². The Morgan fingerprint density at radius 1 is 1.71 bits per heavy atom. The van der Waals surface area contributed by atoms with Crippen molar-refractivity contribution in [3.63, 3.8) is 0 Å². The lowest BCUT2D eigenvalue weighted by Gasteiger charge is -2.15. The first-order chi connectivity index (χ1) is 7.88. The topological polar surface area (TPSA) is 85.1 Å². The van der Waals surface area contributed by atoms with Gasteiger partial charge in [-0.2, -0.15) is 0 Å². The SMILES string of the molecule is CCC(C(N)=S)S(=O)(=O)Nc1ncccc1Br. The number of anilines is 1. The van der Waals surface area contributed by atoms with Gasteiger partial charge in [0.2, 0.25) is 10.0 Å². The number of nitrogens with one attached hydrogen (secondary N) is 1. The normalized spacial score (nSPS) is 13.1. The van der Waals surface area contributed by atoms with Crippen LogP contribution in [0.3, 0.4) is 0 Å². The monoisotopic (exact) mass is 337 g/mol. The van der Waals surface area contributed by atoms with Crippen LogP contribution in [0.5, 0.6) is 0 Å². The number of nitrogens with two attached hydrogens (primary N) is 1. The van der Waals surface area contributed by atoms with Crippen LogP contribution < -0.4 is 10.5 Å². The molecular weight excluding hydrogens is 326 g/mol. The van der Waals surface area contributed by atoms with Gasteiger partial charge in [0.05, 0.1) is 9.46 Å². The van der Waals surface area contributed by atoms with Gasteiger partial charge in [-0.1, -0.05) is 19.1 Å². The third kappa shape index (κ3) is 3.62. The summed E-state index contributed by atoms with van der Waals surface area (Å²) in [5, 5.41) is -0.897. The number of nitrogens with zero attached hydrogens (tertiary/aromatic N) is 1. The van der Waals surface area contributed by atoms with Crippen molar-refractivity contribution in [2.75, 3.05) is 4.72 Å². The van der Waals surface area contributed by atoms with Crippen molar-refractivity contribution < 1.29 is 8.42 Å². The summed E-state index contributed by atoms with van der Waals surface area (Å²) >= 11 is 7.94. The molecule has 17 heavy (non-hydrogen) atoms. The molecule has 5 nitrogen and oxygen atoms in total. The first kappa shape index (κ1) is 14.3. The number of rotatable bonds is 5. The second kappa shape index (κ2) is 5.74. The predicted octanol–water partition coefficient (Wildman–Crippen LogP) is 1.65. The zero-order valence-electron chi connectivity index (χ0n) is 9.05. The van der Waals surface area contributed by atoms with Crippen molar-refractivity contribution in [3.8, 4) is 0 Å². The standard InChI is InChI=1S/C9H12BrN3O2S2/c1-2-7(8(11)16)17(14,15)13-9-6(10)4-3-5-12-9/h3-5,7H,2H2,1H3,(H2,11,16)(H,12,13). The molecule has 0 aliphatic carbocycles. The molecule has 1 heterocycles. The average molecular weight is 338 g/mol. The summed E-state index contributed by atoms with van der Waals surface area (Å²) in [6.07, 6.45) is 1.81. The Bertz CT molecular complexity index is 519. The van der Waals surface area contributed by atoms with Crippen LogP contribution in [0, 0.1) is 0 Å². The number of halogens is 1. The molecule has 0 saturated carbocycles. The van der Waals surface area contributed by atoms with E-state index in [1.807, 2.05) is 0 Å². The van der Waals surface area contributed by atoms with Crippen molar-refractivity contribution in [3.05, 3.63) is 22.8 Å². The highest BCUT2D eigenvalue weighted by atomic mass is 79.9. The quantitative estimate of drug-likeness (QED) is 0.798. The van der Waals surface area contributed by atoms with E-state index in [9.17, 15) is 8.42 Å². The number of aromatic nitrogens is 1. The second-order valence-electron chi connectivity index (χ2n) is 3.28. The lowest BCUT2D eigenvalue weighted by Crippen LogP contribution is -2.37. The van der Waals surface area contributed by atoms with E-state index in [2.05, 4.69) is 25.6 Å². The van der Waals surface area contributed by atoms with Crippen LogP contribution in [0.4, 0.5) is 5.82 Å². The van der Waals surface area contributed by atoms with Crippen molar-refractivity contribution in [1.82, 2.24) is 4.98 Å². The minimum atomic E-state index is -3.66. The highest BCUT2D eigenvalue weighted by molar-refractivity contribution is 9.10. The van der Waals surface area contributed by atoms with Crippen LogP contribution in [-0.2, 0) is 10.0 Å². The fourth-order valence-electron chi connectivity index (χ4n) is 1.24. The predicted molar refractivity (Wildman–Crippen MR) is 75.3 cm³/mol. The molecule has 0 fully saturated rings. The van der Waals surface area contributed by atoms with Crippen LogP contribution in [0.1, 0.15) is 13.3 Å². The Morgan fingerprint density at radius 2 is 2.35 bits per heavy atom. The summed E-state index contributed by atoms with van der Waals surface area (Å²) < 4.78 is 26.9. The van der Waals surface area contributed by atoms with Gasteiger partial charge in [0.15, 0.2) is 5.82 Å². The summed E-state index contributed by atoms with van der Waals surface area (Å²) in [5.41, 5.74) is 5.41. The molecular formula is C9H12BrN3O2S2. The molecule has 1 aromatic heterocycles. The number of hydrogen-bond acceptors (Lipinski definition) is 4. The van der Waals surface area contributed by atoms with Crippen LogP contribution in [0.2, 0.25) is 0 Å². The maximum absolute atomic E-state index is 12.0. The molecule has 0 aliphatic heterocycles. The van der Waals surface area contributed by atoms with Gasteiger partial charge in [0.25, 0.3) is 0 Å². The van der Waals surface area contributed by atoms with Gasteiger partial charge >= 0.3 is 0 Å². The van der Waals surface area contributed by atoms with E-state index in [0.29, 0.717) is 10.9 Å². The molecule has 94 valence electrons. The molecule has 0 radical (unpaired) electrons. The molecule has 0 bridgehead atoms. The van der Waals surface area contributed by atoms with Gasteiger partial charge in [-0.05, 0) is 34.5 Å². The smallest absolute Gasteiger partial charge is 0.243 e. The van der Waals surface area contributed by atoms with Gasteiger partial charge < -0.3 is 5.73 Å². The number of hydrogen-bond donors (Lipinski definition) is 2. The van der Waals surface area contributed by atoms with Gasteiger partial charge in [-0.15, -0.1) is 0 Å². The average Bonchev–Trinajstić information content (AvgIpc) is 2.21. The molecule has 1 atom stereocenters. The fraction of sp³-hybridized carbons (Fsp3) is 0.333. The van der Waals surface area contributed by atoms with Crippen molar-refractivity contribution in [1.29, 1.82) is 0 Å².